The van der Waals surface area contributed by atoms with E-state index in [2.05, 4.69) is 15.3 Å². The summed E-state index contributed by atoms with van der Waals surface area (Å²) in [6.45, 7) is 5.92. The van der Waals surface area contributed by atoms with Crippen LogP contribution in [0.4, 0.5) is 18.9 Å². The maximum absolute atomic E-state index is 13.2. The minimum atomic E-state index is -4.42. The molecule has 0 aliphatic heterocycles. The predicted molar refractivity (Wildman–Crippen MR) is 126 cm³/mol. The Morgan fingerprint density at radius 2 is 1.89 bits per heavy atom. The molecule has 1 N–H and O–H groups in total. The molecule has 0 aliphatic rings. The number of unbranched alkanes of at least 4 members (excludes halogenated alkanes) is 1. The van der Waals surface area contributed by atoms with Crippen LogP contribution < -0.4 is 5.32 Å². The zero-order chi connectivity index (χ0) is 25.6. The van der Waals surface area contributed by atoms with Crippen LogP contribution >= 0.6 is 0 Å². The molecule has 0 atom stereocenters. The number of aromatic nitrogens is 3. The number of carbonyl (C=O) groups excluding carboxylic acids is 2. The Kier molecular flexibility index (Phi) is 8.48. The minimum Gasteiger partial charge on any atom is -0.466 e. The SMILES string of the molecule is CCCCc1nc2cc(NC(=O)CCC(=O)OCC)c(C)nc2n1Cc1cccc(C(F)(F)F)c1. The number of aryl methyl sites for hydroxylation is 2. The first-order valence-corrected chi connectivity index (χ1v) is 11.6. The molecule has 0 aliphatic carbocycles. The number of esters is 1. The standard InChI is InChI=1S/C25H29F3N4O3/c1-4-6-10-21-30-20-14-19(31-22(33)11-12-23(34)35-5-2)16(3)29-24(20)32(21)15-17-8-7-9-18(13-17)25(26,27)28/h7-9,13-14H,4-6,10-12,15H2,1-3H3,(H,31,33). The van der Waals surface area contributed by atoms with Gasteiger partial charge in [-0.1, -0.05) is 25.5 Å². The average molecular weight is 491 g/mol. The molecule has 0 fully saturated rings. The van der Waals surface area contributed by atoms with Gasteiger partial charge in [0.1, 0.15) is 11.3 Å². The number of alkyl halides is 3. The molecule has 35 heavy (non-hydrogen) atoms. The van der Waals surface area contributed by atoms with Crippen LogP contribution in [0.1, 0.15) is 62.2 Å². The monoisotopic (exact) mass is 490 g/mol. The Bertz CT molecular complexity index is 1200. The molecule has 10 heteroatoms. The van der Waals surface area contributed by atoms with E-state index < -0.39 is 17.7 Å². The van der Waals surface area contributed by atoms with Crippen molar-refractivity contribution in [1.29, 1.82) is 0 Å². The summed E-state index contributed by atoms with van der Waals surface area (Å²) >= 11 is 0. The van der Waals surface area contributed by atoms with Crippen LogP contribution in [-0.4, -0.2) is 33.0 Å². The lowest BCUT2D eigenvalue weighted by molar-refractivity contribution is -0.144. The summed E-state index contributed by atoms with van der Waals surface area (Å²) in [6.07, 6.45) is -2.04. The maximum Gasteiger partial charge on any atom is 0.416 e. The number of carbonyl (C=O) groups is 2. The summed E-state index contributed by atoms with van der Waals surface area (Å²) in [7, 11) is 0. The first-order chi connectivity index (χ1) is 16.6. The van der Waals surface area contributed by atoms with Crippen molar-refractivity contribution in [3.63, 3.8) is 0 Å². The Morgan fingerprint density at radius 3 is 2.57 bits per heavy atom. The number of anilines is 1. The number of amides is 1. The number of rotatable bonds is 10. The summed E-state index contributed by atoms with van der Waals surface area (Å²) in [6, 6.07) is 6.94. The van der Waals surface area contributed by atoms with Gasteiger partial charge in [0, 0.05) is 12.8 Å². The van der Waals surface area contributed by atoms with Gasteiger partial charge < -0.3 is 14.6 Å². The Hall–Kier alpha value is -3.43. The largest absolute Gasteiger partial charge is 0.466 e. The number of nitrogens with one attached hydrogen (secondary N) is 1. The number of benzene rings is 1. The zero-order valence-corrected chi connectivity index (χ0v) is 20.0. The lowest BCUT2D eigenvalue weighted by Crippen LogP contribution is -2.15. The Morgan fingerprint density at radius 1 is 1.11 bits per heavy atom. The van der Waals surface area contributed by atoms with Crippen LogP contribution in [0.15, 0.2) is 30.3 Å². The van der Waals surface area contributed by atoms with Crippen molar-refractivity contribution >= 4 is 28.7 Å². The molecular formula is C25H29F3N4O3. The molecule has 0 saturated carbocycles. The highest BCUT2D eigenvalue weighted by molar-refractivity contribution is 5.94. The van der Waals surface area contributed by atoms with E-state index in [0.717, 1.165) is 30.8 Å². The fourth-order valence-electron chi connectivity index (χ4n) is 3.69. The van der Waals surface area contributed by atoms with E-state index in [0.29, 0.717) is 34.5 Å². The van der Waals surface area contributed by atoms with Crippen molar-refractivity contribution in [3.8, 4) is 0 Å². The van der Waals surface area contributed by atoms with Crippen LogP contribution in [-0.2, 0) is 33.5 Å². The summed E-state index contributed by atoms with van der Waals surface area (Å²) in [5, 5.41) is 2.76. The highest BCUT2D eigenvalue weighted by Crippen LogP contribution is 2.30. The molecule has 1 aromatic carbocycles. The quantitative estimate of drug-likeness (QED) is 0.383. The summed E-state index contributed by atoms with van der Waals surface area (Å²) in [4.78, 5) is 33.1. The van der Waals surface area contributed by atoms with E-state index in [1.165, 1.54) is 6.07 Å². The topological polar surface area (TPSA) is 86.1 Å². The summed E-state index contributed by atoms with van der Waals surface area (Å²) in [5.41, 5.74) is 1.87. The van der Waals surface area contributed by atoms with Crippen LogP contribution in [0.5, 0.6) is 0 Å². The van der Waals surface area contributed by atoms with E-state index in [1.807, 2.05) is 11.5 Å². The van der Waals surface area contributed by atoms with Gasteiger partial charge in [-0.25, -0.2) is 9.97 Å². The highest BCUT2D eigenvalue weighted by Gasteiger charge is 2.30. The number of fused-ring (bicyclic) bond motifs is 1. The zero-order valence-electron chi connectivity index (χ0n) is 20.0. The lowest BCUT2D eigenvalue weighted by Gasteiger charge is -2.12. The maximum atomic E-state index is 13.2. The smallest absolute Gasteiger partial charge is 0.416 e. The molecule has 0 radical (unpaired) electrons. The van der Waals surface area contributed by atoms with Crippen molar-refractivity contribution in [2.45, 2.75) is 65.6 Å². The molecule has 0 unspecified atom stereocenters. The van der Waals surface area contributed by atoms with Crippen molar-refractivity contribution < 1.29 is 27.5 Å². The van der Waals surface area contributed by atoms with Crippen LogP contribution in [0, 0.1) is 6.92 Å². The van der Waals surface area contributed by atoms with Gasteiger partial charge in [-0.3, -0.25) is 9.59 Å². The molecule has 3 rings (SSSR count). The van der Waals surface area contributed by atoms with Gasteiger partial charge in [0.05, 0.1) is 36.5 Å². The van der Waals surface area contributed by atoms with Crippen molar-refractivity contribution in [1.82, 2.24) is 14.5 Å². The molecule has 188 valence electrons. The lowest BCUT2D eigenvalue weighted by atomic mass is 10.1. The van der Waals surface area contributed by atoms with Crippen LogP contribution in [0.2, 0.25) is 0 Å². The molecule has 2 aromatic heterocycles. The van der Waals surface area contributed by atoms with Gasteiger partial charge in [0.25, 0.3) is 0 Å². The number of pyridine rings is 1. The first kappa shape index (κ1) is 26.2. The molecular weight excluding hydrogens is 461 g/mol. The molecule has 2 heterocycles. The van der Waals surface area contributed by atoms with Crippen molar-refractivity contribution in [2.75, 3.05) is 11.9 Å². The number of hydrogen-bond donors (Lipinski definition) is 1. The molecule has 7 nitrogen and oxygen atoms in total. The van der Waals surface area contributed by atoms with Gasteiger partial charge in [-0.05, 0) is 44.0 Å². The van der Waals surface area contributed by atoms with E-state index >= 15 is 0 Å². The number of imidazole rings is 1. The van der Waals surface area contributed by atoms with Gasteiger partial charge in [-0.2, -0.15) is 13.2 Å². The normalized spacial score (nSPS) is 11.6. The molecule has 0 saturated heterocycles. The van der Waals surface area contributed by atoms with Crippen LogP contribution in [0.25, 0.3) is 11.2 Å². The number of hydrogen-bond acceptors (Lipinski definition) is 5. The third-order valence-electron chi connectivity index (χ3n) is 5.47. The van der Waals surface area contributed by atoms with Crippen LogP contribution in [0.3, 0.4) is 0 Å². The van der Waals surface area contributed by atoms with Crippen molar-refractivity contribution in [2.24, 2.45) is 0 Å². The molecule has 0 spiro atoms. The second-order valence-electron chi connectivity index (χ2n) is 8.23. The fourth-order valence-corrected chi connectivity index (χ4v) is 3.69. The van der Waals surface area contributed by atoms with E-state index in [4.69, 9.17) is 4.74 Å². The van der Waals surface area contributed by atoms with Gasteiger partial charge in [-0.15, -0.1) is 0 Å². The summed E-state index contributed by atoms with van der Waals surface area (Å²) < 4.78 is 46.3. The van der Waals surface area contributed by atoms with Gasteiger partial charge in [0.2, 0.25) is 5.91 Å². The molecule has 1 amide bonds. The number of nitrogens with zero attached hydrogens (tertiary/aromatic N) is 3. The minimum absolute atomic E-state index is 0.0257. The van der Waals surface area contributed by atoms with Gasteiger partial charge in [0.15, 0.2) is 5.65 Å². The van der Waals surface area contributed by atoms with E-state index in [1.54, 1.807) is 26.0 Å². The predicted octanol–water partition coefficient (Wildman–Crippen LogP) is 5.43. The third kappa shape index (κ3) is 6.80. The number of ether oxygens (including phenoxy) is 1. The summed E-state index contributed by atoms with van der Waals surface area (Å²) in [5.74, 6) is -0.0734. The Labute approximate surface area is 201 Å². The van der Waals surface area contributed by atoms with E-state index in [-0.39, 0.29) is 31.9 Å². The first-order valence-electron chi connectivity index (χ1n) is 11.6. The fraction of sp³-hybridized carbons (Fsp3) is 0.440. The highest BCUT2D eigenvalue weighted by atomic mass is 19.4. The van der Waals surface area contributed by atoms with Gasteiger partial charge >= 0.3 is 12.1 Å². The number of halogens is 3. The average Bonchev–Trinajstić information content (AvgIpc) is 3.12. The Balaban J connectivity index is 1.90. The van der Waals surface area contributed by atoms with Crippen molar-refractivity contribution in [3.05, 3.63) is 53.0 Å². The third-order valence-corrected chi connectivity index (χ3v) is 5.47. The second kappa shape index (κ2) is 11.3. The molecule has 3 aromatic rings. The van der Waals surface area contributed by atoms with E-state index in [9.17, 15) is 22.8 Å². The molecule has 0 bridgehead atoms. The second-order valence-corrected chi connectivity index (χ2v) is 8.23.